The Morgan fingerprint density at radius 2 is 1.96 bits per heavy atom. The lowest BCUT2D eigenvalue weighted by atomic mass is 9.94. The molecule has 0 saturated carbocycles. The summed E-state index contributed by atoms with van der Waals surface area (Å²) in [6.45, 7) is 3.19. The van der Waals surface area contributed by atoms with Gasteiger partial charge in [0.05, 0.1) is 11.3 Å². The Morgan fingerprint density at radius 3 is 2.79 bits per heavy atom. The van der Waals surface area contributed by atoms with E-state index in [4.69, 9.17) is 4.74 Å². The molecule has 7 nitrogen and oxygen atoms in total. The molecule has 1 saturated heterocycles. The van der Waals surface area contributed by atoms with E-state index >= 15 is 0 Å². The van der Waals surface area contributed by atoms with Gasteiger partial charge >= 0.3 is 0 Å². The molecular formula is C21H21N5O2. The predicted molar refractivity (Wildman–Crippen MR) is 103 cm³/mol. The second-order valence-corrected chi connectivity index (χ2v) is 6.77. The zero-order valence-electron chi connectivity index (χ0n) is 15.7. The van der Waals surface area contributed by atoms with E-state index in [0.717, 1.165) is 30.8 Å². The van der Waals surface area contributed by atoms with Crippen molar-refractivity contribution in [1.82, 2.24) is 24.8 Å². The van der Waals surface area contributed by atoms with E-state index in [0.29, 0.717) is 23.7 Å². The molecule has 28 heavy (non-hydrogen) atoms. The van der Waals surface area contributed by atoms with E-state index in [9.17, 15) is 4.79 Å². The fraction of sp³-hybridized carbons (Fsp3) is 0.286. The molecule has 4 rings (SSSR count). The summed E-state index contributed by atoms with van der Waals surface area (Å²) in [6.07, 6.45) is 10.1. The summed E-state index contributed by atoms with van der Waals surface area (Å²) in [5, 5.41) is 0. The molecule has 3 aromatic heterocycles. The quantitative estimate of drug-likeness (QED) is 0.695. The predicted octanol–water partition coefficient (Wildman–Crippen LogP) is 3.39. The first kappa shape index (κ1) is 18.0. The van der Waals surface area contributed by atoms with Gasteiger partial charge in [0, 0.05) is 50.0 Å². The monoisotopic (exact) mass is 375 g/mol. The number of amides is 1. The Kier molecular flexibility index (Phi) is 5.23. The Bertz CT molecular complexity index is 964. The number of aromatic nitrogens is 4. The summed E-state index contributed by atoms with van der Waals surface area (Å²) in [5.41, 5.74) is 2.16. The molecule has 0 aromatic carbocycles. The van der Waals surface area contributed by atoms with Crippen LogP contribution in [0.15, 0.2) is 55.2 Å². The van der Waals surface area contributed by atoms with Crippen molar-refractivity contribution >= 4 is 5.91 Å². The number of ether oxygens (including phenoxy) is 1. The van der Waals surface area contributed by atoms with Crippen molar-refractivity contribution in [3.05, 3.63) is 72.2 Å². The summed E-state index contributed by atoms with van der Waals surface area (Å²) < 4.78 is 6.02. The van der Waals surface area contributed by atoms with Gasteiger partial charge in [-0.1, -0.05) is 0 Å². The normalized spacial score (nSPS) is 16.6. The SMILES string of the molecule is Cc1ncccc1Oc1nccnc1[C@H]1CCCN(C(=O)c2cccnc2)C1. The molecule has 0 aliphatic carbocycles. The maximum atomic E-state index is 12.8. The zero-order valence-corrected chi connectivity index (χ0v) is 15.7. The lowest BCUT2D eigenvalue weighted by Crippen LogP contribution is -2.39. The van der Waals surface area contributed by atoms with Gasteiger partial charge in [0.2, 0.25) is 5.88 Å². The van der Waals surface area contributed by atoms with Crippen LogP contribution in [0, 0.1) is 6.92 Å². The van der Waals surface area contributed by atoms with E-state index in [2.05, 4.69) is 19.9 Å². The molecule has 1 amide bonds. The van der Waals surface area contributed by atoms with Crippen molar-refractivity contribution in [3.63, 3.8) is 0 Å². The minimum absolute atomic E-state index is 0.00716. The van der Waals surface area contributed by atoms with E-state index in [-0.39, 0.29) is 11.8 Å². The van der Waals surface area contributed by atoms with E-state index in [1.165, 1.54) is 0 Å². The van der Waals surface area contributed by atoms with Gasteiger partial charge < -0.3 is 9.64 Å². The van der Waals surface area contributed by atoms with Crippen LogP contribution in [-0.4, -0.2) is 43.8 Å². The molecule has 7 heteroatoms. The molecule has 0 radical (unpaired) electrons. The van der Waals surface area contributed by atoms with Gasteiger partial charge in [-0.3, -0.25) is 19.7 Å². The number of hydrogen-bond donors (Lipinski definition) is 0. The average Bonchev–Trinajstić information content (AvgIpc) is 2.76. The molecule has 0 unspecified atom stereocenters. The molecule has 0 N–H and O–H groups in total. The highest BCUT2D eigenvalue weighted by molar-refractivity contribution is 5.94. The fourth-order valence-electron chi connectivity index (χ4n) is 3.43. The first-order valence-electron chi connectivity index (χ1n) is 9.32. The first-order valence-corrected chi connectivity index (χ1v) is 9.32. The fourth-order valence-corrected chi connectivity index (χ4v) is 3.43. The number of rotatable bonds is 4. The highest BCUT2D eigenvalue weighted by atomic mass is 16.5. The van der Waals surface area contributed by atoms with Crippen LogP contribution in [0.25, 0.3) is 0 Å². The van der Waals surface area contributed by atoms with Crippen LogP contribution in [0.5, 0.6) is 11.6 Å². The van der Waals surface area contributed by atoms with Crippen LogP contribution in [0.2, 0.25) is 0 Å². The third-order valence-corrected chi connectivity index (χ3v) is 4.86. The maximum absolute atomic E-state index is 12.8. The van der Waals surface area contributed by atoms with Crippen molar-refractivity contribution in [2.75, 3.05) is 13.1 Å². The lowest BCUT2D eigenvalue weighted by Gasteiger charge is -2.32. The van der Waals surface area contributed by atoms with Gasteiger partial charge in [-0.15, -0.1) is 0 Å². The van der Waals surface area contributed by atoms with Gasteiger partial charge in [-0.25, -0.2) is 4.98 Å². The standard InChI is InChI=1S/C21H21N5O2/c1-15-18(7-3-9-23-15)28-20-19(24-10-11-25-20)17-6-4-12-26(14-17)21(27)16-5-2-8-22-13-16/h2-3,5,7-11,13,17H,4,6,12,14H2,1H3/t17-/m0/s1. The molecule has 0 spiro atoms. The molecular weight excluding hydrogens is 354 g/mol. The summed E-state index contributed by atoms with van der Waals surface area (Å²) >= 11 is 0. The van der Waals surface area contributed by atoms with Gasteiger partial charge in [-0.2, -0.15) is 0 Å². The number of hydrogen-bond acceptors (Lipinski definition) is 6. The van der Waals surface area contributed by atoms with E-state index < -0.39 is 0 Å². The number of carbonyl (C=O) groups is 1. The summed E-state index contributed by atoms with van der Waals surface area (Å²) in [7, 11) is 0. The van der Waals surface area contributed by atoms with Crippen molar-refractivity contribution in [3.8, 4) is 11.6 Å². The van der Waals surface area contributed by atoms with Gasteiger partial charge in [0.25, 0.3) is 5.91 Å². The highest BCUT2D eigenvalue weighted by Crippen LogP contribution is 2.33. The van der Waals surface area contributed by atoms with Crippen molar-refractivity contribution in [2.24, 2.45) is 0 Å². The average molecular weight is 375 g/mol. The Hall–Kier alpha value is -3.35. The minimum Gasteiger partial charge on any atom is -0.435 e. The van der Waals surface area contributed by atoms with E-state index in [1.807, 2.05) is 24.0 Å². The van der Waals surface area contributed by atoms with Crippen LogP contribution in [0.3, 0.4) is 0 Å². The number of piperidine rings is 1. The van der Waals surface area contributed by atoms with Gasteiger partial charge in [0.15, 0.2) is 5.75 Å². The van der Waals surface area contributed by atoms with Crippen molar-refractivity contribution in [2.45, 2.75) is 25.7 Å². The van der Waals surface area contributed by atoms with Crippen molar-refractivity contribution < 1.29 is 9.53 Å². The first-order chi connectivity index (χ1) is 13.7. The van der Waals surface area contributed by atoms with Gasteiger partial charge in [-0.05, 0) is 44.0 Å². The summed E-state index contributed by atoms with van der Waals surface area (Å²) in [4.78, 5) is 31.9. The maximum Gasteiger partial charge on any atom is 0.255 e. The third kappa shape index (κ3) is 3.83. The highest BCUT2D eigenvalue weighted by Gasteiger charge is 2.29. The molecule has 1 fully saturated rings. The third-order valence-electron chi connectivity index (χ3n) is 4.86. The zero-order chi connectivity index (χ0) is 19.3. The van der Waals surface area contributed by atoms with E-state index in [1.54, 1.807) is 43.1 Å². The Balaban J connectivity index is 1.56. The number of aryl methyl sites for hydroxylation is 1. The minimum atomic E-state index is -0.00716. The number of carbonyl (C=O) groups excluding carboxylic acids is 1. The topological polar surface area (TPSA) is 81.1 Å². The van der Waals surface area contributed by atoms with Crippen LogP contribution in [0.1, 0.15) is 40.5 Å². The molecule has 3 aromatic rings. The number of pyridine rings is 2. The van der Waals surface area contributed by atoms with Crippen LogP contribution < -0.4 is 4.74 Å². The largest absolute Gasteiger partial charge is 0.435 e. The molecule has 0 bridgehead atoms. The van der Waals surface area contributed by atoms with Crippen LogP contribution >= 0.6 is 0 Å². The molecule has 1 aliphatic rings. The summed E-state index contributed by atoms with van der Waals surface area (Å²) in [5.74, 6) is 1.19. The molecule has 1 aliphatic heterocycles. The number of nitrogens with zero attached hydrogens (tertiary/aromatic N) is 5. The Labute approximate surface area is 163 Å². The smallest absolute Gasteiger partial charge is 0.255 e. The number of likely N-dealkylation sites (tertiary alicyclic amines) is 1. The summed E-state index contributed by atoms with van der Waals surface area (Å²) in [6, 6.07) is 7.26. The molecule has 1 atom stereocenters. The van der Waals surface area contributed by atoms with Crippen LogP contribution in [0.4, 0.5) is 0 Å². The lowest BCUT2D eigenvalue weighted by molar-refractivity contribution is 0.0704. The second kappa shape index (κ2) is 8.12. The molecule has 4 heterocycles. The Morgan fingerprint density at radius 1 is 1.11 bits per heavy atom. The van der Waals surface area contributed by atoms with Crippen molar-refractivity contribution in [1.29, 1.82) is 0 Å². The van der Waals surface area contributed by atoms with Gasteiger partial charge in [0.1, 0.15) is 5.69 Å². The van der Waals surface area contributed by atoms with Crippen LogP contribution in [-0.2, 0) is 0 Å². The second-order valence-electron chi connectivity index (χ2n) is 6.77. The molecule has 142 valence electrons.